The van der Waals surface area contributed by atoms with Crippen molar-refractivity contribution < 1.29 is 19.1 Å². The van der Waals surface area contributed by atoms with Crippen LogP contribution in [0.4, 0.5) is 0 Å². The number of carbonyl (C=O) groups is 2. The van der Waals surface area contributed by atoms with E-state index in [1.165, 1.54) is 17.3 Å². The van der Waals surface area contributed by atoms with Gasteiger partial charge in [0.05, 0.1) is 14.2 Å². The summed E-state index contributed by atoms with van der Waals surface area (Å²) in [6.45, 7) is 8.47. The van der Waals surface area contributed by atoms with Crippen LogP contribution in [0.2, 0.25) is 0 Å². The minimum Gasteiger partial charge on any atom is -0.493 e. The Labute approximate surface area is 189 Å². The van der Waals surface area contributed by atoms with Crippen LogP contribution < -0.4 is 20.2 Å². The van der Waals surface area contributed by atoms with Crippen molar-refractivity contribution in [2.45, 2.75) is 40.3 Å². The van der Waals surface area contributed by atoms with E-state index in [2.05, 4.69) is 5.32 Å². The van der Waals surface area contributed by atoms with Gasteiger partial charge in [-0.1, -0.05) is 19.9 Å². The molecule has 0 aliphatic carbocycles. The topological polar surface area (TPSA) is 89.9 Å². The van der Waals surface area contributed by atoms with Crippen LogP contribution >= 0.6 is 0 Å². The first kappa shape index (κ1) is 25.0. The van der Waals surface area contributed by atoms with Crippen LogP contribution in [0.25, 0.3) is 0 Å². The Morgan fingerprint density at radius 2 is 1.66 bits per heavy atom. The standard InChI is InChI=1S/C24H33N3O5/c1-15(2)11-25-23(29)18-13-27(16(3)4)14-19(22(18)28)24(30)26(5)12-17-8-9-20(31-6)21(10-17)32-7/h8-10,13-16H,11-12H2,1-7H3,(H,25,29). The molecule has 0 saturated heterocycles. The van der Waals surface area contributed by atoms with Crippen molar-refractivity contribution in [3.8, 4) is 11.5 Å². The fourth-order valence-corrected chi connectivity index (χ4v) is 3.13. The van der Waals surface area contributed by atoms with Crippen molar-refractivity contribution in [1.29, 1.82) is 0 Å². The molecule has 0 unspecified atom stereocenters. The zero-order valence-electron chi connectivity index (χ0n) is 19.9. The predicted molar refractivity (Wildman–Crippen MR) is 124 cm³/mol. The maximum Gasteiger partial charge on any atom is 0.259 e. The monoisotopic (exact) mass is 443 g/mol. The minimum absolute atomic E-state index is 0.0324. The summed E-state index contributed by atoms with van der Waals surface area (Å²) in [7, 11) is 4.71. The van der Waals surface area contributed by atoms with Crippen LogP contribution in [-0.2, 0) is 6.54 Å². The molecule has 2 rings (SSSR count). The van der Waals surface area contributed by atoms with E-state index in [4.69, 9.17) is 9.47 Å². The second-order valence-corrected chi connectivity index (χ2v) is 8.41. The molecule has 0 aliphatic heterocycles. The van der Waals surface area contributed by atoms with Gasteiger partial charge in [-0.3, -0.25) is 14.4 Å². The van der Waals surface area contributed by atoms with E-state index in [0.717, 1.165) is 5.56 Å². The van der Waals surface area contributed by atoms with Crippen molar-refractivity contribution in [1.82, 2.24) is 14.8 Å². The molecular weight excluding hydrogens is 410 g/mol. The lowest BCUT2D eigenvalue weighted by atomic mass is 10.1. The molecule has 2 aromatic rings. The highest BCUT2D eigenvalue weighted by Gasteiger charge is 2.23. The molecule has 32 heavy (non-hydrogen) atoms. The van der Waals surface area contributed by atoms with E-state index in [1.807, 2.05) is 33.8 Å². The largest absolute Gasteiger partial charge is 0.493 e. The number of nitrogens with zero attached hydrogens (tertiary/aromatic N) is 2. The van der Waals surface area contributed by atoms with Gasteiger partial charge in [0.2, 0.25) is 5.43 Å². The summed E-state index contributed by atoms with van der Waals surface area (Å²) in [4.78, 5) is 40.3. The molecule has 0 radical (unpaired) electrons. The van der Waals surface area contributed by atoms with Gasteiger partial charge in [0.15, 0.2) is 11.5 Å². The zero-order chi connectivity index (χ0) is 24.0. The summed E-state index contributed by atoms with van der Waals surface area (Å²) in [5.74, 6) is 0.443. The van der Waals surface area contributed by atoms with Gasteiger partial charge in [-0.25, -0.2) is 0 Å². The molecule has 0 spiro atoms. The molecule has 0 saturated carbocycles. The second-order valence-electron chi connectivity index (χ2n) is 8.41. The van der Waals surface area contributed by atoms with Gasteiger partial charge in [0.25, 0.3) is 11.8 Å². The van der Waals surface area contributed by atoms with Crippen LogP contribution in [0.5, 0.6) is 11.5 Å². The van der Waals surface area contributed by atoms with E-state index >= 15 is 0 Å². The van der Waals surface area contributed by atoms with Crippen molar-refractivity contribution in [3.63, 3.8) is 0 Å². The number of ether oxygens (including phenoxy) is 2. The highest BCUT2D eigenvalue weighted by molar-refractivity contribution is 5.99. The molecule has 1 aromatic carbocycles. The number of carbonyl (C=O) groups excluding carboxylic acids is 2. The Balaban J connectivity index is 2.37. The molecule has 174 valence electrons. The van der Waals surface area contributed by atoms with Crippen molar-refractivity contribution >= 4 is 11.8 Å². The molecule has 1 aromatic heterocycles. The first-order valence-electron chi connectivity index (χ1n) is 10.6. The lowest BCUT2D eigenvalue weighted by molar-refractivity contribution is 0.0782. The first-order valence-corrected chi connectivity index (χ1v) is 10.6. The molecule has 2 amide bonds. The number of methoxy groups -OCH3 is 2. The Kier molecular flexibility index (Phi) is 8.46. The van der Waals surface area contributed by atoms with E-state index in [9.17, 15) is 14.4 Å². The van der Waals surface area contributed by atoms with Crippen LogP contribution in [-0.4, -0.2) is 49.1 Å². The fraction of sp³-hybridized carbons (Fsp3) is 0.458. The molecule has 0 aliphatic rings. The number of benzene rings is 1. The Morgan fingerprint density at radius 3 is 2.22 bits per heavy atom. The van der Waals surface area contributed by atoms with E-state index < -0.39 is 17.2 Å². The number of hydrogen-bond acceptors (Lipinski definition) is 5. The lowest BCUT2D eigenvalue weighted by Crippen LogP contribution is -2.37. The van der Waals surface area contributed by atoms with Crippen LogP contribution in [0.1, 0.15) is 60.0 Å². The quantitative estimate of drug-likeness (QED) is 0.643. The van der Waals surface area contributed by atoms with Crippen molar-refractivity contribution in [3.05, 3.63) is 57.5 Å². The van der Waals surface area contributed by atoms with Crippen molar-refractivity contribution in [2.75, 3.05) is 27.8 Å². The molecule has 1 N–H and O–H groups in total. The smallest absolute Gasteiger partial charge is 0.259 e. The summed E-state index contributed by atoms with van der Waals surface area (Å²) in [5, 5.41) is 2.76. The third-order valence-electron chi connectivity index (χ3n) is 5.00. The summed E-state index contributed by atoms with van der Waals surface area (Å²) < 4.78 is 12.3. The predicted octanol–water partition coefficient (Wildman–Crippen LogP) is 3.10. The number of amides is 2. The maximum absolute atomic E-state index is 13.2. The fourth-order valence-electron chi connectivity index (χ4n) is 3.13. The normalized spacial score (nSPS) is 10.9. The van der Waals surface area contributed by atoms with E-state index in [-0.39, 0.29) is 29.6 Å². The molecular formula is C24H33N3O5. The summed E-state index contributed by atoms with van der Waals surface area (Å²) in [5.41, 5.74) is 0.157. The second kappa shape index (κ2) is 10.8. The van der Waals surface area contributed by atoms with Gasteiger partial charge in [0.1, 0.15) is 11.1 Å². The molecule has 8 nitrogen and oxygen atoms in total. The summed E-state index contributed by atoms with van der Waals surface area (Å²) in [6, 6.07) is 5.34. The van der Waals surface area contributed by atoms with Gasteiger partial charge in [-0.15, -0.1) is 0 Å². The highest BCUT2D eigenvalue weighted by Crippen LogP contribution is 2.28. The number of nitrogens with one attached hydrogen (secondary N) is 1. The number of rotatable bonds is 9. The Morgan fingerprint density at radius 1 is 1.03 bits per heavy atom. The summed E-state index contributed by atoms with van der Waals surface area (Å²) >= 11 is 0. The molecule has 1 heterocycles. The SMILES string of the molecule is COc1ccc(CN(C)C(=O)c2cn(C(C)C)cc(C(=O)NCC(C)C)c2=O)cc1OC. The highest BCUT2D eigenvalue weighted by atomic mass is 16.5. The van der Waals surface area contributed by atoms with Crippen LogP contribution in [0.15, 0.2) is 35.4 Å². The average Bonchev–Trinajstić information content (AvgIpc) is 2.76. The molecule has 0 bridgehead atoms. The third-order valence-corrected chi connectivity index (χ3v) is 5.00. The maximum atomic E-state index is 13.2. The number of aromatic nitrogens is 1. The summed E-state index contributed by atoms with van der Waals surface area (Å²) in [6.07, 6.45) is 3.02. The number of pyridine rings is 1. The van der Waals surface area contributed by atoms with Crippen LogP contribution in [0, 0.1) is 5.92 Å². The molecule has 0 fully saturated rings. The number of hydrogen-bond donors (Lipinski definition) is 1. The zero-order valence-corrected chi connectivity index (χ0v) is 19.9. The van der Waals surface area contributed by atoms with Crippen LogP contribution in [0.3, 0.4) is 0 Å². The minimum atomic E-state index is -0.577. The Hall–Kier alpha value is -3.29. The third kappa shape index (κ3) is 5.90. The lowest BCUT2D eigenvalue weighted by Gasteiger charge is -2.20. The van der Waals surface area contributed by atoms with Gasteiger partial charge >= 0.3 is 0 Å². The van der Waals surface area contributed by atoms with Crippen molar-refractivity contribution in [2.24, 2.45) is 5.92 Å². The first-order chi connectivity index (χ1) is 15.1. The van der Waals surface area contributed by atoms with Gasteiger partial charge < -0.3 is 24.3 Å². The Bertz CT molecular complexity index is 1030. The van der Waals surface area contributed by atoms with Gasteiger partial charge in [-0.2, -0.15) is 0 Å². The molecule has 0 atom stereocenters. The van der Waals surface area contributed by atoms with Gasteiger partial charge in [-0.05, 0) is 37.5 Å². The average molecular weight is 444 g/mol. The van der Waals surface area contributed by atoms with Gasteiger partial charge in [0, 0.05) is 38.6 Å². The van der Waals surface area contributed by atoms with E-state index in [0.29, 0.717) is 18.0 Å². The molecule has 8 heteroatoms. The van der Waals surface area contributed by atoms with E-state index in [1.54, 1.807) is 38.0 Å².